The first-order valence-electron chi connectivity index (χ1n) is 6.12. The van der Waals surface area contributed by atoms with Crippen LogP contribution >= 0.6 is 11.3 Å². The molecule has 4 nitrogen and oxygen atoms in total. The minimum atomic E-state index is 0.171. The SMILES string of the molecule is Cc1sc2ncnc(NC(C)C(C)CO)c2c1C. The smallest absolute Gasteiger partial charge is 0.138 e. The van der Waals surface area contributed by atoms with E-state index in [9.17, 15) is 5.11 Å². The van der Waals surface area contributed by atoms with Crippen molar-refractivity contribution >= 4 is 27.4 Å². The van der Waals surface area contributed by atoms with Crippen LogP contribution < -0.4 is 5.32 Å². The van der Waals surface area contributed by atoms with E-state index in [1.807, 2.05) is 6.92 Å². The van der Waals surface area contributed by atoms with Crippen molar-refractivity contribution in [3.63, 3.8) is 0 Å². The van der Waals surface area contributed by atoms with E-state index in [1.165, 1.54) is 10.4 Å². The van der Waals surface area contributed by atoms with Gasteiger partial charge in [-0.2, -0.15) is 0 Å². The van der Waals surface area contributed by atoms with Crippen molar-refractivity contribution in [1.82, 2.24) is 9.97 Å². The van der Waals surface area contributed by atoms with Gasteiger partial charge in [0.2, 0.25) is 0 Å². The lowest BCUT2D eigenvalue weighted by atomic mass is 10.1. The molecule has 0 aliphatic rings. The lowest BCUT2D eigenvalue weighted by Crippen LogP contribution is -2.26. The number of hydrogen-bond acceptors (Lipinski definition) is 5. The number of aromatic nitrogens is 2. The second kappa shape index (κ2) is 5.20. The molecule has 2 atom stereocenters. The van der Waals surface area contributed by atoms with E-state index >= 15 is 0 Å². The Kier molecular flexibility index (Phi) is 3.82. The number of aliphatic hydroxyl groups excluding tert-OH is 1. The molecule has 2 aromatic rings. The molecule has 0 amide bonds. The number of anilines is 1. The van der Waals surface area contributed by atoms with Crippen LogP contribution in [0.15, 0.2) is 6.33 Å². The molecule has 2 rings (SSSR count). The molecular weight excluding hydrogens is 246 g/mol. The molecule has 18 heavy (non-hydrogen) atoms. The van der Waals surface area contributed by atoms with Gasteiger partial charge in [-0.25, -0.2) is 9.97 Å². The van der Waals surface area contributed by atoms with E-state index < -0.39 is 0 Å². The van der Waals surface area contributed by atoms with Crippen LogP contribution in [0.25, 0.3) is 10.2 Å². The molecule has 0 spiro atoms. The van der Waals surface area contributed by atoms with Gasteiger partial charge in [0.15, 0.2) is 0 Å². The Balaban J connectivity index is 2.39. The fourth-order valence-corrected chi connectivity index (χ4v) is 2.80. The highest BCUT2D eigenvalue weighted by Gasteiger charge is 2.16. The molecule has 0 aliphatic heterocycles. The third-order valence-corrected chi connectivity index (χ3v) is 4.59. The quantitative estimate of drug-likeness (QED) is 0.892. The molecule has 0 saturated heterocycles. The van der Waals surface area contributed by atoms with Gasteiger partial charge < -0.3 is 10.4 Å². The van der Waals surface area contributed by atoms with E-state index in [0.717, 1.165) is 16.0 Å². The molecule has 2 N–H and O–H groups in total. The number of aliphatic hydroxyl groups is 1. The van der Waals surface area contributed by atoms with Crippen LogP contribution in [-0.4, -0.2) is 27.7 Å². The lowest BCUT2D eigenvalue weighted by Gasteiger charge is -2.20. The van der Waals surface area contributed by atoms with Crippen molar-refractivity contribution in [2.24, 2.45) is 5.92 Å². The Hall–Kier alpha value is -1.20. The van der Waals surface area contributed by atoms with Gasteiger partial charge in [0, 0.05) is 17.5 Å². The summed E-state index contributed by atoms with van der Waals surface area (Å²) < 4.78 is 0. The Morgan fingerprint density at radius 2 is 2.06 bits per heavy atom. The van der Waals surface area contributed by atoms with Gasteiger partial charge in [0.05, 0.1) is 5.39 Å². The van der Waals surface area contributed by atoms with Crippen LogP contribution in [0.4, 0.5) is 5.82 Å². The summed E-state index contributed by atoms with van der Waals surface area (Å²) in [5.74, 6) is 1.06. The summed E-state index contributed by atoms with van der Waals surface area (Å²) >= 11 is 1.69. The molecule has 98 valence electrons. The molecule has 0 bridgehead atoms. The average molecular weight is 265 g/mol. The zero-order chi connectivity index (χ0) is 13.3. The summed E-state index contributed by atoms with van der Waals surface area (Å²) in [5.41, 5.74) is 1.24. The Labute approximate surface area is 111 Å². The Morgan fingerprint density at radius 3 is 2.72 bits per heavy atom. The predicted molar refractivity (Wildman–Crippen MR) is 76.2 cm³/mol. The van der Waals surface area contributed by atoms with E-state index in [4.69, 9.17) is 0 Å². The van der Waals surface area contributed by atoms with Gasteiger partial charge in [0.1, 0.15) is 17.0 Å². The summed E-state index contributed by atoms with van der Waals surface area (Å²) in [7, 11) is 0. The highest BCUT2D eigenvalue weighted by Crippen LogP contribution is 2.32. The maximum atomic E-state index is 9.18. The Morgan fingerprint density at radius 1 is 1.33 bits per heavy atom. The van der Waals surface area contributed by atoms with Crippen LogP contribution in [0.1, 0.15) is 24.3 Å². The zero-order valence-corrected chi connectivity index (χ0v) is 12.0. The molecule has 2 aromatic heterocycles. The van der Waals surface area contributed by atoms with Gasteiger partial charge in [-0.3, -0.25) is 0 Å². The normalized spacial score (nSPS) is 14.7. The van der Waals surface area contributed by atoms with Crippen LogP contribution in [0.2, 0.25) is 0 Å². The molecule has 0 saturated carbocycles. The number of nitrogens with zero attached hydrogens (tertiary/aromatic N) is 2. The molecule has 0 aromatic carbocycles. The summed E-state index contributed by atoms with van der Waals surface area (Å²) in [6, 6.07) is 0.174. The molecule has 0 aliphatic carbocycles. The monoisotopic (exact) mass is 265 g/mol. The van der Waals surface area contributed by atoms with Crippen molar-refractivity contribution in [2.45, 2.75) is 33.7 Å². The molecule has 0 fully saturated rings. The lowest BCUT2D eigenvalue weighted by molar-refractivity contribution is 0.226. The van der Waals surface area contributed by atoms with Crippen molar-refractivity contribution in [2.75, 3.05) is 11.9 Å². The van der Waals surface area contributed by atoms with Crippen LogP contribution in [0, 0.1) is 19.8 Å². The Bertz CT molecular complexity index is 552. The van der Waals surface area contributed by atoms with Gasteiger partial charge in [0.25, 0.3) is 0 Å². The van der Waals surface area contributed by atoms with Crippen LogP contribution in [0.5, 0.6) is 0 Å². The predicted octanol–water partition coefficient (Wildman–Crippen LogP) is 2.74. The minimum absolute atomic E-state index is 0.171. The largest absolute Gasteiger partial charge is 0.396 e. The third-order valence-electron chi connectivity index (χ3n) is 3.47. The topological polar surface area (TPSA) is 58.0 Å². The average Bonchev–Trinajstić information content (AvgIpc) is 2.65. The van der Waals surface area contributed by atoms with Crippen LogP contribution in [-0.2, 0) is 0 Å². The van der Waals surface area contributed by atoms with Crippen molar-refractivity contribution < 1.29 is 5.11 Å². The van der Waals surface area contributed by atoms with E-state index in [0.29, 0.717) is 0 Å². The number of fused-ring (bicyclic) bond motifs is 1. The minimum Gasteiger partial charge on any atom is -0.396 e. The second-order valence-electron chi connectivity index (χ2n) is 4.78. The highest BCUT2D eigenvalue weighted by molar-refractivity contribution is 7.18. The third kappa shape index (κ3) is 2.33. The second-order valence-corrected chi connectivity index (χ2v) is 5.98. The number of rotatable bonds is 4. The first-order chi connectivity index (χ1) is 8.54. The van der Waals surface area contributed by atoms with Gasteiger partial charge >= 0.3 is 0 Å². The van der Waals surface area contributed by atoms with E-state index in [1.54, 1.807) is 17.7 Å². The van der Waals surface area contributed by atoms with E-state index in [-0.39, 0.29) is 18.6 Å². The highest BCUT2D eigenvalue weighted by atomic mass is 32.1. The fraction of sp³-hybridized carbons (Fsp3) is 0.538. The molecule has 5 heteroatoms. The van der Waals surface area contributed by atoms with Crippen molar-refractivity contribution in [3.05, 3.63) is 16.8 Å². The molecule has 0 radical (unpaired) electrons. The number of nitrogens with one attached hydrogen (secondary N) is 1. The van der Waals surface area contributed by atoms with Crippen molar-refractivity contribution in [3.8, 4) is 0 Å². The number of thiophene rings is 1. The first-order valence-corrected chi connectivity index (χ1v) is 6.94. The first kappa shape index (κ1) is 13.2. The summed E-state index contributed by atoms with van der Waals surface area (Å²) in [6.45, 7) is 8.45. The summed E-state index contributed by atoms with van der Waals surface area (Å²) in [6.07, 6.45) is 1.59. The maximum absolute atomic E-state index is 9.18. The maximum Gasteiger partial charge on any atom is 0.138 e. The zero-order valence-electron chi connectivity index (χ0n) is 11.2. The fourth-order valence-electron chi connectivity index (χ4n) is 1.81. The van der Waals surface area contributed by atoms with Crippen LogP contribution in [0.3, 0.4) is 0 Å². The van der Waals surface area contributed by atoms with Crippen molar-refractivity contribution in [1.29, 1.82) is 0 Å². The number of hydrogen-bond donors (Lipinski definition) is 2. The van der Waals surface area contributed by atoms with Gasteiger partial charge in [-0.1, -0.05) is 6.92 Å². The molecule has 2 unspecified atom stereocenters. The van der Waals surface area contributed by atoms with E-state index in [2.05, 4.69) is 36.1 Å². The molecular formula is C13H19N3OS. The summed E-state index contributed by atoms with van der Waals surface area (Å²) in [4.78, 5) is 10.9. The summed E-state index contributed by atoms with van der Waals surface area (Å²) in [5, 5.41) is 13.7. The molecule has 2 heterocycles. The standard InChI is InChI=1S/C13H19N3OS/c1-7(5-17)9(3)16-12-11-8(2)10(4)18-13(11)15-6-14-12/h6-7,9,17H,5H2,1-4H3,(H,14,15,16). The van der Waals surface area contributed by atoms with Gasteiger partial charge in [-0.05, 0) is 32.3 Å². The number of aryl methyl sites for hydroxylation is 2. The van der Waals surface area contributed by atoms with Gasteiger partial charge in [-0.15, -0.1) is 11.3 Å².